The van der Waals surface area contributed by atoms with E-state index in [0.29, 0.717) is 41.2 Å². The molecular formula is C26H28N4O3. The van der Waals surface area contributed by atoms with Gasteiger partial charge in [-0.25, -0.2) is 9.97 Å². The molecule has 0 amide bonds. The van der Waals surface area contributed by atoms with Gasteiger partial charge in [-0.05, 0) is 49.9 Å². The van der Waals surface area contributed by atoms with E-state index in [1.165, 1.54) is 0 Å². The van der Waals surface area contributed by atoms with Gasteiger partial charge in [0.2, 0.25) is 0 Å². The van der Waals surface area contributed by atoms with Crippen molar-refractivity contribution in [1.29, 1.82) is 0 Å². The average molecular weight is 445 g/mol. The number of imidazole rings is 1. The smallest absolute Gasteiger partial charge is 0.150 e. The van der Waals surface area contributed by atoms with Crippen molar-refractivity contribution in [3.63, 3.8) is 0 Å². The second-order valence-corrected chi connectivity index (χ2v) is 9.31. The number of methoxy groups -OCH3 is 1. The third kappa shape index (κ3) is 3.53. The first-order chi connectivity index (χ1) is 15.7. The van der Waals surface area contributed by atoms with Gasteiger partial charge in [-0.2, -0.15) is 0 Å². The topological polar surface area (TPSA) is 106 Å². The fourth-order valence-corrected chi connectivity index (χ4v) is 4.87. The van der Waals surface area contributed by atoms with Crippen LogP contribution >= 0.6 is 0 Å². The minimum absolute atomic E-state index is 0.132. The predicted octanol–water partition coefficient (Wildman–Crippen LogP) is 3.87. The summed E-state index contributed by atoms with van der Waals surface area (Å²) in [6.07, 6.45) is 4.80. The third-order valence-corrected chi connectivity index (χ3v) is 6.70. The molecule has 1 unspecified atom stereocenters. The summed E-state index contributed by atoms with van der Waals surface area (Å²) in [7, 11) is 1.60. The number of hydrogen-bond donors (Lipinski definition) is 3. The van der Waals surface area contributed by atoms with E-state index in [0.717, 1.165) is 17.0 Å². The Bertz CT molecular complexity index is 1320. The summed E-state index contributed by atoms with van der Waals surface area (Å²) in [6.45, 7) is 3.61. The van der Waals surface area contributed by atoms with Crippen LogP contribution in [0.3, 0.4) is 0 Å². The number of nitrogens with zero attached hydrogens (tertiary/aromatic N) is 3. The molecule has 1 atom stereocenters. The van der Waals surface area contributed by atoms with Crippen molar-refractivity contribution in [2.75, 3.05) is 12.8 Å². The zero-order valence-corrected chi connectivity index (χ0v) is 19.0. The maximum atomic E-state index is 11.3. The van der Waals surface area contributed by atoms with Crippen LogP contribution in [0.25, 0.3) is 16.8 Å². The maximum Gasteiger partial charge on any atom is 0.150 e. The molecule has 1 aliphatic carbocycles. The molecule has 0 saturated heterocycles. The fraction of sp³-hybridized carbons (Fsp3) is 0.308. The van der Waals surface area contributed by atoms with Crippen LogP contribution < -0.4 is 10.5 Å². The summed E-state index contributed by atoms with van der Waals surface area (Å²) in [5.41, 5.74) is 8.07. The minimum Gasteiger partial charge on any atom is -0.496 e. The van der Waals surface area contributed by atoms with Crippen LogP contribution in [-0.4, -0.2) is 37.3 Å². The van der Waals surface area contributed by atoms with Gasteiger partial charge in [0.25, 0.3) is 0 Å². The summed E-state index contributed by atoms with van der Waals surface area (Å²) in [5, 5.41) is 21.6. The molecule has 1 saturated carbocycles. The Kier molecular flexibility index (Phi) is 4.92. The minimum atomic E-state index is -1.19. The summed E-state index contributed by atoms with van der Waals surface area (Å²) >= 11 is 0. The van der Waals surface area contributed by atoms with Crippen LogP contribution in [-0.2, 0) is 5.60 Å². The van der Waals surface area contributed by atoms with Gasteiger partial charge in [0.15, 0.2) is 0 Å². The molecule has 0 aliphatic heterocycles. The molecule has 7 heteroatoms. The summed E-state index contributed by atoms with van der Waals surface area (Å²) in [5.74, 6) is 1.94. The van der Waals surface area contributed by atoms with Gasteiger partial charge in [-0.3, -0.25) is 4.40 Å². The molecule has 2 aromatic heterocycles. The van der Waals surface area contributed by atoms with Crippen LogP contribution in [0.4, 0.5) is 5.82 Å². The van der Waals surface area contributed by atoms with E-state index in [1.807, 2.05) is 66.1 Å². The van der Waals surface area contributed by atoms with Crippen molar-refractivity contribution < 1.29 is 14.9 Å². The van der Waals surface area contributed by atoms with Crippen LogP contribution in [0.5, 0.6) is 5.75 Å². The SMILES string of the molecule is COc1cc(C(C)(O)c2ccccc2)ccc1-c1nc(C2CC(C)(O)C2)n2ccnc(N)c12. The monoisotopic (exact) mass is 444 g/mol. The number of aliphatic hydroxyl groups is 2. The molecule has 4 N–H and O–H groups in total. The van der Waals surface area contributed by atoms with Crippen molar-refractivity contribution >= 4 is 11.3 Å². The lowest BCUT2D eigenvalue weighted by Gasteiger charge is -2.40. The van der Waals surface area contributed by atoms with Crippen LogP contribution in [0.1, 0.15) is 49.6 Å². The van der Waals surface area contributed by atoms with E-state index in [1.54, 1.807) is 20.2 Å². The molecule has 7 nitrogen and oxygen atoms in total. The molecule has 1 aliphatic rings. The number of nitrogens with two attached hydrogens (primary N) is 1. The lowest BCUT2D eigenvalue weighted by molar-refractivity contribution is -0.0335. The molecular weight excluding hydrogens is 416 g/mol. The zero-order valence-electron chi connectivity index (χ0n) is 19.0. The highest BCUT2D eigenvalue weighted by atomic mass is 16.5. The molecule has 0 radical (unpaired) electrons. The average Bonchev–Trinajstić information content (AvgIpc) is 3.18. The molecule has 0 bridgehead atoms. The maximum absolute atomic E-state index is 11.3. The number of nitrogen functional groups attached to an aromatic ring is 1. The fourth-order valence-electron chi connectivity index (χ4n) is 4.87. The molecule has 4 aromatic rings. The van der Waals surface area contributed by atoms with E-state index in [9.17, 15) is 10.2 Å². The first kappa shape index (κ1) is 21.4. The Morgan fingerprint density at radius 1 is 1.15 bits per heavy atom. The Hall–Kier alpha value is -3.42. The van der Waals surface area contributed by atoms with Gasteiger partial charge < -0.3 is 20.7 Å². The Balaban J connectivity index is 1.64. The Labute approximate surface area is 192 Å². The Morgan fingerprint density at radius 3 is 2.55 bits per heavy atom. The van der Waals surface area contributed by atoms with E-state index in [2.05, 4.69) is 4.98 Å². The summed E-state index contributed by atoms with van der Waals surface area (Å²) < 4.78 is 7.71. The molecule has 2 heterocycles. The van der Waals surface area contributed by atoms with Crippen molar-refractivity contribution in [1.82, 2.24) is 14.4 Å². The number of fused-ring (bicyclic) bond motifs is 1. The molecule has 170 valence electrons. The Morgan fingerprint density at radius 2 is 1.88 bits per heavy atom. The van der Waals surface area contributed by atoms with Gasteiger partial charge in [-0.15, -0.1) is 0 Å². The highest BCUT2D eigenvalue weighted by Gasteiger charge is 2.42. The van der Waals surface area contributed by atoms with E-state index in [4.69, 9.17) is 15.5 Å². The predicted molar refractivity (Wildman–Crippen MR) is 127 cm³/mol. The molecule has 5 rings (SSSR count). The third-order valence-electron chi connectivity index (χ3n) is 6.70. The summed E-state index contributed by atoms with van der Waals surface area (Å²) in [4.78, 5) is 9.23. The highest BCUT2D eigenvalue weighted by Crippen LogP contribution is 2.46. The van der Waals surface area contributed by atoms with E-state index >= 15 is 0 Å². The first-order valence-electron chi connectivity index (χ1n) is 11.0. The van der Waals surface area contributed by atoms with Gasteiger partial charge in [0, 0.05) is 23.9 Å². The normalized spacial score (nSPS) is 22.0. The van der Waals surface area contributed by atoms with Crippen LogP contribution in [0.15, 0.2) is 60.9 Å². The molecule has 33 heavy (non-hydrogen) atoms. The lowest BCUT2D eigenvalue weighted by Crippen LogP contribution is -2.40. The number of hydrogen-bond acceptors (Lipinski definition) is 6. The molecule has 0 spiro atoms. The second kappa shape index (κ2) is 7.57. The first-order valence-corrected chi connectivity index (χ1v) is 11.0. The lowest BCUT2D eigenvalue weighted by atomic mass is 9.72. The summed E-state index contributed by atoms with van der Waals surface area (Å²) in [6, 6.07) is 15.2. The zero-order chi connectivity index (χ0) is 23.4. The number of anilines is 1. The van der Waals surface area contributed by atoms with Gasteiger partial charge >= 0.3 is 0 Å². The van der Waals surface area contributed by atoms with Crippen LogP contribution in [0.2, 0.25) is 0 Å². The highest BCUT2D eigenvalue weighted by molar-refractivity contribution is 5.88. The number of aromatic nitrogens is 3. The molecule has 2 aromatic carbocycles. The van der Waals surface area contributed by atoms with Gasteiger partial charge in [-0.1, -0.05) is 36.4 Å². The van der Waals surface area contributed by atoms with Gasteiger partial charge in [0.1, 0.15) is 34.2 Å². The quantitative estimate of drug-likeness (QED) is 0.431. The number of ether oxygens (including phenoxy) is 1. The largest absolute Gasteiger partial charge is 0.496 e. The van der Waals surface area contributed by atoms with E-state index in [-0.39, 0.29) is 5.92 Å². The standard InChI is InChI=1S/C26H28N4O3/c1-25(31)14-16(15-25)24-29-21(22-23(27)28-11-12-30(22)24)19-10-9-18(13-20(19)33-3)26(2,32)17-7-5-4-6-8-17/h4-13,16,31-32H,14-15H2,1-3H3,(H2,27,28). The van der Waals surface area contributed by atoms with Crippen LogP contribution in [0, 0.1) is 0 Å². The van der Waals surface area contributed by atoms with E-state index < -0.39 is 11.2 Å². The van der Waals surface area contributed by atoms with Crippen molar-refractivity contribution in [2.45, 2.75) is 43.8 Å². The van der Waals surface area contributed by atoms with Crippen molar-refractivity contribution in [2.24, 2.45) is 0 Å². The number of benzene rings is 2. The van der Waals surface area contributed by atoms with Crippen molar-refractivity contribution in [3.05, 3.63) is 77.9 Å². The second-order valence-electron chi connectivity index (χ2n) is 9.31. The molecule has 1 fully saturated rings. The van der Waals surface area contributed by atoms with Gasteiger partial charge in [0.05, 0.1) is 12.7 Å². The van der Waals surface area contributed by atoms with Crippen molar-refractivity contribution in [3.8, 4) is 17.0 Å². The number of rotatable bonds is 5.